The quantitative estimate of drug-likeness (QED) is 0.344. The summed E-state index contributed by atoms with van der Waals surface area (Å²) < 4.78 is 0. The van der Waals surface area contributed by atoms with Crippen molar-refractivity contribution >= 4 is 35.9 Å². The van der Waals surface area contributed by atoms with Gasteiger partial charge in [-0.25, -0.2) is 4.99 Å². The van der Waals surface area contributed by atoms with Crippen LogP contribution in [-0.4, -0.2) is 35.5 Å². The summed E-state index contributed by atoms with van der Waals surface area (Å²) in [5.41, 5.74) is 8.02. The van der Waals surface area contributed by atoms with Gasteiger partial charge in [-0.3, -0.25) is 19.7 Å². The van der Waals surface area contributed by atoms with E-state index in [1.807, 2.05) is 19.9 Å². The Kier molecular flexibility index (Phi) is 6.92. The van der Waals surface area contributed by atoms with E-state index in [1.165, 1.54) is 4.90 Å². The Hall–Kier alpha value is -2.70. The number of nitrogen functional groups attached to an aromatic ring is 1. The molecule has 0 aliphatic rings. The summed E-state index contributed by atoms with van der Waals surface area (Å²) in [4.78, 5) is 38.8. The van der Waals surface area contributed by atoms with Crippen molar-refractivity contribution in [2.45, 2.75) is 39.7 Å². The Labute approximate surface area is 135 Å². The van der Waals surface area contributed by atoms with Crippen LogP contribution in [0.2, 0.25) is 0 Å². The first-order valence-electron chi connectivity index (χ1n) is 7.27. The summed E-state index contributed by atoms with van der Waals surface area (Å²) >= 11 is 0. The smallest absolute Gasteiger partial charge is 0.226 e. The highest BCUT2D eigenvalue weighted by Crippen LogP contribution is 2.24. The number of hydrogen-bond acceptors (Lipinski definition) is 5. The molecular weight excluding hydrogens is 296 g/mol. The van der Waals surface area contributed by atoms with Gasteiger partial charge in [-0.05, 0) is 44.9 Å². The molecule has 7 nitrogen and oxygen atoms in total. The summed E-state index contributed by atoms with van der Waals surface area (Å²) in [5, 5.41) is 2.07. The van der Waals surface area contributed by atoms with Gasteiger partial charge < -0.3 is 10.6 Å². The van der Waals surface area contributed by atoms with E-state index < -0.39 is 0 Å². The number of nitrogens with two attached hydrogens (primary N) is 1. The fourth-order valence-electron chi connectivity index (χ4n) is 2.11. The van der Waals surface area contributed by atoms with Crippen molar-refractivity contribution in [1.82, 2.24) is 10.2 Å². The van der Waals surface area contributed by atoms with Crippen molar-refractivity contribution in [3.8, 4) is 0 Å². The average molecular weight is 318 g/mol. The third-order valence-electron chi connectivity index (χ3n) is 3.60. The second kappa shape index (κ2) is 8.67. The van der Waals surface area contributed by atoms with Crippen LogP contribution in [-0.2, 0) is 14.4 Å². The number of hydrogen-bond donors (Lipinski definition) is 2. The van der Waals surface area contributed by atoms with E-state index in [9.17, 15) is 14.4 Å². The molecule has 0 radical (unpaired) electrons. The number of imide groups is 1. The lowest BCUT2D eigenvalue weighted by molar-refractivity contribution is -0.126. The number of amidine groups is 1. The van der Waals surface area contributed by atoms with Crippen LogP contribution in [0.3, 0.4) is 0 Å². The Morgan fingerprint density at radius 3 is 2.74 bits per heavy atom. The summed E-state index contributed by atoms with van der Waals surface area (Å²) in [6.07, 6.45) is 1.60. The van der Waals surface area contributed by atoms with Crippen LogP contribution >= 0.6 is 0 Å². The largest absolute Gasteiger partial charge is 0.398 e. The normalized spacial score (nSPS) is 12.4. The van der Waals surface area contributed by atoms with Gasteiger partial charge in [0.1, 0.15) is 5.84 Å². The maximum absolute atomic E-state index is 11.4. The van der Waals surface area contributed by atoms with Crippen molar-refractivity contribution in [2.75, 3.05) is 5.73 Å². The second-order valence-corrected chi connectivity index (χ2v) is 5.24. The molecule has 1 aromatic rings. The number of benzene rings is 1. The number of aliphatic imine (C=N–C) groups is 1. The molecule has 1 unspecified atom stereocenters. The minimum Gasteiger partial charge on any atom is -0.398 e. The van der Waals surface area contributed by atoms with Crippen LogP contribution in [0.25, 0.3) is 0 Å². The number of carbonyl (C=O) groups is 3. The summed E-state index contributed by atoms with van der Waals surface area (Å²) in [7, 11) is 0. The maximum atomic E-state index is 11.4. The molecule has 124 valence electrons. The Morgan fingerprint density at radius 1 is 1.43 bits per heavy atom. The zero-order valence-corrected chi connectivity index (χ0v) is 13.6. The average Bonchev–Trinajstić information content (AvgIpc) is 2.51. The zero-order chi connectivity index (χ0) is 17.4. The van der Waals surface area contributed by atoms with Crippen molar-refractivity contribution in [1.29, 1.82) is 0 Å². The third-order valence-corrected chi connectivity index (χ3v) is 3.60. The Bertz CT molecular complexity index is 613. The van der Waals surface area contributed by atoms with Crippen molar-refractivity contribution < 1.29 is 14.4 Å². The zero-order valence-electron chi connectivity index (χ0n) is 13.6. The molecule has 0 aromatic heterocycles. The number of anilines is 1. The lowest BCUT2D eigenvalue weighted by atomic mass is 10.1. The van der Waals surface area contributed by atoms with Gasteiger partial charge in [0.15, 0.2) is 0 Å². The predicted octanol–water partition coefficient (Wildman–Crippen LogP) is 1.53. The molecule has 1 atom stereocenters. The van der Waals surface area contributed by atoms with Crippen LogP contribution in [0.4, 0.5) is 11.4 Å². The molecular formula is C16H22N4O3. The highest BCUT2D eigenvalue weighted by Gasteiger charge is 2.16. The summed E-state index contributed by atoms with van der Waals surface area (Å²) in [6, 6.07) is 5.18. The molecule has 23 heavy (non-hydrogen) atoms. The van der Waals surface area contributed by atoms with E-state index in [1.54, 1.807) is 19.1 Å². The first-order chi connectivity index (χ1) is 10.9. The minimum atomic E-state index is -0.376. The molecule has 0 spiro atoms. The van der Waals surface area contributed by atoms with Gasteiger partial charge in [0.25, 0.3) is 0 Å². The number of rotatable bonds is 7. The summed E-state index contributed by atoms with van der Waals surface area (Å²) in [6.45, 7) is 5.40. The first-order valence-corrected chi connectivity index (χ1v) is 7.27. The maximum Gasteiger partial charge on any atom is 0.226 e. The number of amides is 3. The minimum absolute atomic E-state index is 0.148. The van der Waals surface area contributed by atoms with Crippen LogP contribution in [0.15, 0.2) is 23.2 Å². The number of nitrogens with zero attached hydrogens (tertiary/aromatic N) is 2. The van der Waals surface area contributed by atoms with E-state index in [-0.39, 0.29) is 18.4 Å². The molecule has 7 heteroatoms. The first kappa shape index (κ1) is 18.3. The summed E-state index contributed by atoms with van der Waals surface area (Å²) in [5.74, 6) is 0.135. The van der Waals surface area contributed by atoms with Crippen LogP contribution in [0, 0.1) is 6.92 Å². The van der Waals surface area contributed by atoms with E-state index in [0.29, 0.717) is 36.5 Å². The molecule has 0 aliphatic heterocycles. The van der Waals surface area contributed by atoms with Crippen LogP contribution in [0.5, 0.6) is 0 Å². The monoisotopic (exact) mass is 318 g/mol. The SMILES string of the molecule is CC(=Nc1cccc(N)c1C)N(C=O)C(C)CCC(=O)NC=O. The highest BCUT2D eigenvalue weighted by atomic mass is 16.2. The van der Waals surface area contributed by atoms with Gasteiger partial charge in [0, 0.05) is 18.2 Å². The molecule has 0 saturated carbocycles. The molecule has 0 bridgehead atoms. The molecule has 0 fully saturated rings. The lowest BCUT2D eigenvalue weighted by Gasteiger charge is -2.24. The van der Waals surface area contributed by atoms with Crippen molar-refractivity contribution in [2.24, 2.45) is 4.99 Å². The van der Waals surface area contributed by atoms with Crippen molar-refractivity contribution in [3.05, 3.63) is 23.8 Å². The molecule has 3 amide bonds. The van der Waals surface area contributed by atoms with E-state index in [2.05, 4.69) is 10.3 Å². The van der Waals surface area contributed by atoms with Gasteiger partial charge in [-0.2, -0.15) is 0 Å². The molecule has 1 aromatic carbocycles. The third kappa shape index (κ3) is 5.21. The fourth-order valence-corrected chi connectivity index (χ4v) is 2.11. The van der Waals surface area contributed by atoms with Crippen molar-refractivity contribution in [3.63, 3.8) is 0 Å². The van der Waals surface area contributed by atoms with Gasteiger partial charge in [0.2, 0.25) is 18.7 Å². The fraction of sp³-hybridized carbons (Fsp3) is 0.375. The van der Waals surface area contributed by atoms with E-state index >= 15 is 0 Å². The molecule has 0 aliphatic carbocycles. The number of carbonyl (C=O) groups excluding carboxylic acids is 3. The Balaban J connectivity index is 2.85. The van der Waals surface area contributed by atoms with Gasteiger partial charge in [-0.1, -0.05) is 6.07 Å². The molecule has 0 saturated heterocycles. The van der Waals surface area contributed by atoms with E-state index in [0.717, 1.165) is 5.56 Å². The van der Waals surface area contributed by atoms with Gasteiger partial charge in [-0.15, -0.1) is 0 Å². The molecule has 0 heterocycles. The highest BCUT2D eigenvalue weighted by molar-refractivity contribution is 5.91. The number of nitrogens with one attached hydrogen (secondary N) is 1. The van der Waals surface area contributed by atoms with Gasteiger partial charge in [0.05, 0.1) is 5.69 Å². The predicted molar refractivity (Wildman–Crippen MR) is 89.2 cm³/mol. The molecule has 3 N–H and O–H groups in total. The standard InChI is InChI=1S/C16H22N4O3/c1-11(7-8-16(23)18-9-21)20(10-22)13(3)19-15-6-4-5-14(17)12(15)2/h4-6,9-11H,7-8,17H2,1-3H3,(H,18,21,23). The second-order valence-electron chi connectivity index (χ2n) is 5.24. The van der Waals surface area contributed by atoms with Crippen LogP contribution in [0.1, 0.15) is 32.3 Å². The Morgan fingerprint density at radius 2 is 2.13 bits per heavy atom. The molecule has 1 rings (SSSR count). The lowest BCUT2D eigenvalue weighted by Crippen LogP contribution is -2.37. The van der Waals surface area contributed by atoms with Gasteiger partial charge >= 0.3 is 0 Å². The van der Waals surface area contributed by atoms with E-state index in [4.69, 9.17) is 5.73 Å². The topological polar surface area (TPSA) is 105 Å². The van der Waals surface area contributed by atoms with Crippen LogP contribution < -0.4 is 11.1 Å².